The Morgan fingerprint density at radius 3 is 2.57 bits per heavy atom. The minimum absolute atomic E-state index is 0.0625. The van der Waals surface area contributed by atoms with Crippen LogP contribution in [-0.2, 0) is 19.6 Å². The third-order valence-corrected chi connectivity index (χ3v) is 7.86. The fraction of sp³-hybridized carbons (Fsp3) is 0.440. The molecule has 1 saturated heterocycles. The lowest BCUT2D eigenvalue weighted by molar-refractivity contribution is -0.126. The summed E-state index contributed by atoms with van der Waals surface area (Å²) < 4.78 is 26.2. The summed E-state index contributed by atoms with van der Waals surface area (Å²) in [4.78, 5) is 26.3. The Balaban J connectivity index is 1.63. The third kappa shape index (κ3) is 7.18. The number of carbonyl (C=O) groups is 2. The molecule has 0 aromatic heterocycles. The molecule has 8 nitrogen and oxygen atoms in total. The molecule has 2 N–H and O–H groups in total. The van der Waals surface area contributed by atoms with E-state index in [1.807, 2.05) is 24.3 Å². The van der Waals surface area contributed by atoms with Crippen molar-refractivity contribution in [3.63, 3.8) is 0 Å². The Kier molecular flexibility index (Phi) is 9.14. The summed E-state index contributed by atoms with van der Waals surface area (Å²) in [5, 5.41) is 7.81. The minimum atomic E-state index is -3.62. The number of carbonyl (C=O) groups excluding carboxylic acids is 2. The summed E-state index contributed by atoms with van der Waals surface area (Å²) in [5.74, 6) is 1.31. The van der Waals surface area contributed by atoms with Gasteiger partial charge in [0.05, 0.1) is 25.9 Å². The number of benzene rings is 2. The smallest absolute Gasteiger partial charge is 0.240 e. The summed E-state index contributed by atoms with van der Waals surface area (Å²) in [5.41, 5.74) is 1.17. The molecule has 0 saturated carbocycles. The van der Waals surface area contributed by atoms with E-state index in [0.717, 1.165) is 17.0 Å². The second-order valence-electron chi connectivity index (χ2n) is 8.72. The predicted molar refractivity (Wildman–Crippen MR) is 138 cm³/mol. The van der Waals surface area contributed by atoms with Crippen LogP contribution in [0.4, 0.5) is 0 Å². The molecule has 1 aliphatic heterocycles. The molecule has 1 fully saturated rings. The summed E-state index contributed by atoms with van der Waals surface area (Å²) >= 11 is 6.24. The van der Waals surface area contributed by atoms with Crippen LogP contribution >= 0.6 is 11.6 Å². The highest BCUT2D eigenvalue weighted by molar-refractivity contribution is 7.88. The number of fused-ring (bicyclic) bond motifs is 1. The number of sulfonamides is 1. The van der Waals surface area contributed by atoms with Gasteiger partial charge in [-0.05, 0) is 48.2 Å². The fourth-order valence-electron chi connectivity index (χ4n) is 4.50. The van der Waals surface area contributed by atoms with Crippen LogP contribution in [0.5, 0.6) is 0 Å². The van der Waals surface area contributed by atoms with Crippen LogP contribution in [0.2, 0.25) is 5.02 Å². The molecule has 0 aliphatic carbocycles. The van der Waals surface area contributed by atoms with Crippen molar-refractivity contribution in [3.05, 3.63) is 47.0 Å². The monoisotopic (exact) mass is 518 g/mol. The highest BCUT2D eigenvalue weighted by Gasteiger charge is 2.33. The SMILES string of the molecule is C#CCNC(=O)CNC(=O)CN(C1CCN(C(C)c2cccc3ccc(Cl)cc23)CC1)S(C)(=O)=O. The zero-order chi connectivity index (χ0) is 25.6. The molecule has 35 heavy (non-hydrogen) atoms. The van der Waals surface area contributed by atoms with E-state index in [1.165, 1.54) is 9.87 Å². The molecule has 1 aliphatic rings. The standard InChI is InChI=1S/C25H31ClN4O4S/c1-4-12-27-24(31)16-28-25(32)17-30(35(3,33)34)21-10-13-29(14-11-21)18(2)22-7-5-6-19-8-9-20(26)15-23(19)22/h1,5-9,15,18,21H,10-14,16-17H2,2-3H3,(H,27,31)(H,28,32). The van der Waals surface area contributed by atoms with Gasteiger partial charge < -0.3 is 10.6 Å². The van der Waals surface area contributed by atoms with Crippen LogP contribution < -0.4 is 10.6 Å². The van der Waals surface area contributed by atoms with Crippen LogP contribution in [0, 0.1) is 12.3 Å². The lowest BCUT2D eigenvalue weighted by Gasteiger charge is -2.39. The molecular weight excluding hydrogens is 488 g/mol. The molecule has 1 atom stereocenters. The van der Waals surface area contributed by atoms with E-state index >= 15 is 0 Å². The average molecular weight is 519 g/mol. The Hall–Kier alpha value is -2.64. The molecule has 2 amide bonds. The van der Waals surface area contributed by atoms with E-state index in [4.69, 9.17) is 18.0 Å². The van der Waals surface area contributed by atoms with Gasteiger partial charge in [0.25, 0.3) is 0 Å². The number of terminal acetylenes is 1. The summed E-state index contributed by atoms with van der Waals surface area (Å²) in [6.45, 7) is 2.98. The summed E-state index contributed by atoms with van der Waals surface area (Å²) in [6.07, 6.45) is 7.38. The molecule has 3 rings (SSSR count). The number of hydrogen-bond donors (Lipinski definition) is 2. The van der Waals surface area contributed by atoms with Crippen LogP contribution in [0.25, 0.3) is 10.8 Å². The lowest BCUT2D eigenvalue weighted by Crippen LogP contribution is -2.51. The maximum Gasteiger partial charge on any atom is 0.240 e. The van der Waals surface area contributed by atoms with Crippen LogP contribution in [0.15, 0.2) is 36.4 Å². The lowest BCUT2D eigenvalue weighted by atomic mass is 9.96. The molecule has 2 aromatic rings. The van der Waals surface area contributed by atoms with Gasteiger partial charge in [0, 0.05) is 30.2 Å². The molecule has 2 aromatic carbocycles. The summed E-state index contributed by atoms with van der Waals surface area (Å²) in [7, 11) is -3.62. The fourth-order valence-corrected chi connectivity index (χ4v) is 5.77. The van der Waals surface area contributed by atoms with Gasteiger partial charge in [-0.2, -0.15) is 4.31 Å². The first-order valence-electron chi connectivity index (χ1n) is 11.5. The zero-order valence-electron chi connectivity index (χ0n) is 20.0. The van der Waals surface area contributed by atoms with Crippen molar-refractivity contribution in [1.29, 1.82) is 0 Å². The van der Waals surface area contributed by atoms with Crippen LogP contribution in [-0.4, -0.2) is 74.5 Å². The quantitative estimate of drug-likeness (QED) is 0.496. The first kappa shape index (κ1) is 27.0. The van der Waals surface area contributed by atoms with E-state index in [2.05, 4.69) is 40.5 Å². The van der Waals surface area contributed by atoms with Gasteiger partial charge in [-0.15, -0.1) is 6.42 Å². The molecule has 188 valence electrons. The number of amides is 2. The Morgan fingerprint density at radius 1 is 1.20 bits per heavy atom. The van der Waals surface area contributed by atoms with E-state index in [9.17, 15) is 18.0 Å². The molecule has 0 spiro atoms. The second-order valence-corrected chi connectivity index (χ2v) is 11.1. The van der Waals surface area contributed by atoms with Gasteiger partial charge in [-0.3, -0.25) is 14.5 Å². The molecule has 1 unspecified atom stereocenters. The number of hydrogen-bond acceptors (Lipinski definition) is 5. The van der Waals surface area contributed by atoms with Crippen molar-refractivity contribution in [2.45, 2.75) is 31.8 Å². The van der Waals surface area contributed by atoms with Gasteiger partial charge in [0.2, 0.25) is 21.8 Å². The Bertz CT molecular complexity index is 1220. The number of halogens is 1. The van der Waals surface area contributed by atoms with Gasteiger partial charge in [-0.25, -0.2) is 8.42 Å². The number of rotatable bonds is 9. The normalized spacial score (nSPS) is 16.1. The van der Waals surface area contributed by atoms with Gasteiger partial charge >= 0.3 is 0 Å². The van der Waals surface area contributed by atoms with Crippen LogP contribution in [0.1, 0.15) is 31.4 Å². The molecule has 0 bridgehead atoms. The van der Waals surface area contributed by atoms with E-state index in [-0.39, 0.29) is 31.7 Å². The number of likely N-dealkylation sites (tertiary alicyclic amines) is 1. The molecule has 1 heterocycles. The maximum absolute atomic E-state index is 12.5. The number of piperidine rings is 1. The van der Waals surface area contributed by atoms with Crippen LogP contribution in [0.3, 0.4) is 0 Å². The van der Waals surface area contributed by atoms with Crippen molar-refractivity contribution >= 4 is 44.2 Å². The Labute approximate surface area is 212 Å². The van der Waals surface area contributed by atoms with Crippen molar-refractivity contribution < 1.29 is 18.0 Å². The number of nitrogens with zero attached hydrogens (tertiary/aromatic N) is 2. The summed E-state index contributed by atoms with van der Waals surface area (Å²) in [6, 6.07) is 11.9. The topological polar surface area (TPSA) is 98.8 Å². The van der Waals surface area contributed by atoms with Crippen molar-refractivity contribution in [2.75, 3.05) is 39.0 Å². The molecular formula is C25H31ClN4O4S. The highest BCUT2D eigenvalue weighted by atomic mass is 35.5. The predicted octanol–water partition coefficient (Wildman–Crippen LogP) is 2.15. The molecule has 0 radical (unpaired) electrons. The van der Waals surface area contributed by atoms with E-state index in [0.29, 0.717) is 31.0 Å². The van der Waals surface area contributed by atoms with Crippen molar-refractivity contribution in [1.82, 2.24) is 19.8 Å². The van der Waals surface area contributed by atoms with Gasteiger partial charge in [0.15, 0.2) is 0 Å². The van der Waals surface area contributed by atoms with E-state index in [1.54, 1.807) is 0 Å². The maximum atomic E-state index is 12.5. The van der Waals surface area contributed by atoms with E-state index < -0.39 is 21.8 Å². The number of nitrogens with one attached hydrogen (secondary N) is 2. The van der Waals surface area contributed by atoms with Gasteiger partial charge in [-0.1, -0.05) is 41.8 Å². The second kappa shape index (κ2) is 11.9. The third-order valence-electron chi connectivity index (χ3n) is 6.34. The highest BCUT2D eigenvalue weighted by Crippen LogP contribution is 2.32. The van der Waals surface area contributed by atoms with Crippen molar-refractivity contribution in [2.24, 2.45) is 0 Å². The first-order chi connectivity index (χ1) is 16.6. The average Bonchev–Trinajstić information content (AvgIpc) is 2.83. The minimum Gasteiger partial charge on any atom is -0.346 e. The first-order valence-corrected chi connectivity index (χ1v) is 13.7. The largest absolute Gasteiger partial charge is 0.346 e. The zero-order valence-corrected chi connectivity index (χ0v) is 21.5. The molecule has 10 heteroatoms. The Morgan fingerprint density at radius 2 is 1.91 bits per heavy atom. The van der Waals surface area contributed by atoms with Crippen molar-refractivity contribution in [3.8, 4) is 12.3 Å². The van der Waals surface area contributed by atoms with Gasteiger partial charge in [0.1, 0.15) is 0 Å².